The molecule has 8 rings (SSSR count). The molecule has 2 N–H and O–H groups in total. The molecule has 0 aromatic rings. The molecule has 8 aliphatic carbocycles. The van der Waals surface area contributed by atoms with Crippen LogP contribution in [0.1, 0.15) is 236 Å². The lowest BCUT2D eigenvalue weighted by Gasteiger charge is -2.58. The van der Waals surface area contributed by atoms with Crippen LogP contribution in [0.25, 0.3) is 0 Å². The van der Waals surface area contributed by atoms with Gasteiger partial charge in [0.1, 0.15) is 12.2 Å². The van der Waals surface area contributed by atoms with Crippen molar-refractivity contribution in [1.82, 2.24) is 10.6 Å². The van der Waals surface area contributed by atoms with Crippen LogP contribution in [0.4, 0.5) is 0 Å². The number of ether oxygens (including phenoxy) is 2. The smallest absolute Gasteiger partial charge is 0.307 e. The Bertz CT molecular complexity index is 1680. The van der Waals surface area contributed by atoms with Crippen molar-refractivity contribution in [2.24, 2.45) is 92.7 Å². The van der Waals surface area contributed by atoms with Crippen molar-refractivity contribution < 1.29 is 19.1 Å². The van der Waals surface area contributed by atoms with Crippen LogP contribution in [0, 0.1) is 92.7 Å². The molecule has 16 atom stereocenters. The maximum Gasteiger partial charge on any atom is 0.307 e. The lowest BCUT2D eigenvalue weighted by Crippen LogP contribution is -2.51. The Labute approximate surface area is 430 Å². The van der Waals surface area contributed by atoms with E-state index >= 15 is 0 Å². The van der Waals surface area contributed by atoms with Crippen molar-refractivity contribution in [3.8, 4) is 0 Å². The second-order valence-corrected chi connectivity index (χ2v) is 28.0. The molecule has 0 radical (unpaired) electrons. The van der Waals surface area contributed by atoms with E-state index in [-0.39, 0.29) is 35.0 Å². The summed E-state index contributed by atoms with van der Waals surface area (Å²) < 4.78 is 12.3. The molecule has 0 aliphatic heterocycles. The van der Waals surface area contributed by atoms with Crippen LogP contribution in [0.15, 0.2) is 23.3 Å². The number of esters is 2. The summed E-state index contributed by atoms with van der Waals surface area (Å²) in [5.74, 6) is 10.1. The largest absolute Gasteiger partial charge is 0.462 e. The summed E-state index contributed by atoms with van der Waals surface area (Å²) in [5, 5.41) is 6.96. The number of rotatable bonds is 23. The van der Waals surface area contributed by atoms with Gasteiger partial charge in [0.25, 0.3) is 0 Å². The van der Waals surface area contributed by atoms with E-state index in [9.17, 15) is 9.59 Å². The molecule has 0 amide bonds. The van der Waals surface area contributed by atoms with E-state index in [1.165, 1.54) is 116 Å². The van der Waals surface area contributed by atoms with Gasteiger partial charge in [0.05, 0.1) is 12.8 Å². The van der Waals surface area contributed by atoms with Crippen molar-refractivity contribution in [2.75, 3.05) is 26.2 Å². The van der Waals surface area contributed by atoms with Crippen LogP contribution < -0.4 is 10.6 Å². The molecule has 6 saturated carbocycles. The van der Waals surface area contributed by atoms with Gasteiger partial charge in [0.15, 0.2) is 0 Å². The van der Waals surface area contributed by atoms with Gasteiger partial charge in [-0.05, 0) is 208 Å². The summed E-state index contributed by atoms with van der Waals surface area (Å²) in [6.45, 7) is 28.3. The van der Waals surface area contributed by atoms with Gasteiger partial charge in [-0.25, -0.2) is 0 Å². The quantitative estimate of drug-likeness (QED) is 0.0604. The Morgan fingerprint density at radius 2 is 0.929 bits per heavy atom. The molecular weight excluding hydrogens is 861 g/mol. The zero-order valence-corrected chi connectivity index (χ0v) is 47.1. The normalized spacial score (nSPS) is 39.7. The van der Waals surface area contributed by atoms with Crippen molar-refractivity contribution in [3.63, 3.8) is 0 Å². The maximum atomic E-state index is 13.0. The van der Waals surface area contributed by atoms with Crippen LogP contribution in [-0.2, 0) is 19.1 Å². The number of allylic oxidation sites excluding steroid dienone is 2. The van der Waals surface area contributed by atoms with Gasteiger partial charge in [-0.15, -0.1) is 0 Å². The maximum absolute atomic E-state index is 13.0. The lowest BCUT2D eigenvalue weighted by molar-refractivity contribution is -0.152. The van der Waals surface area contributed by atoms with Gasteiger partial charge in [-0.3, -0.25) is 9.59 Å². The monoisotopic (exact) mass is 969 g/mol. The SMILES string of the molecule is CC(C)CCC[C@@H](C)[C@H]1CC[C@H]2[C@@H]3CC=C4C[C@@H](OC(=O)CCNCCCCNCCC(=O)O[C@H]5CC[C@@]6(C)C(=CC[C@H]7[C@@H]8CC[C@H]([C@H](C)CCCC(C)C)[C@@]8(C)CC[C@@H]76)C5)CC[C@]4(C)[C@H]3CC[C@]12C. The van der Waals surface area contributed by atoms with Crippen molar-refractivity contribution in [2.45, 2.75) is 248 Å². The van der Waals surface area contributed by atoms with Gasteiger partial charge in [-0.2, -0.15) is 0 Å². The average Bonchev–Trinajstić information content (AvgIpc) is 3.86. The van der Waals surface area contributed by atoms with Crippen LogP contribution >= 0.6 is 0 Å². The van der Waals surface area contributed by atoms with E-state index in [1.54, 1.807) is 11.1 Å². The average molecular weight is 970 g/mol. The van der Waals surface area contributed by atoms with E-state index < -0.39 is 0 Å². The summed E-state index contributed by atoms with van der Waals surface area (Å²) in [5.41, 5.74) is 4.83. The Hall–Kier alpha value is -1.66. The van der Waals surface area contributed by atoms with Crippen molar-refractivity contribution >= 4 is 11.9 Å². The first-order valence-corrected chi connectivity index (χ1v) is 30.7. The zero-order chi connectivity index (χ0) is 49.8. The number of hydrogen-bond donors (Lipinski definition) is 2. The number of unbranched alkanes of at least 4 members (excludes halogenated alkanes) is 1. The minimum Gasteiger partial charge on any atom is -0.462 e. The Balaban J connectivity index is 0.665. The minimum atomic E-state index is -0.0465. The number of carbonyl (C=O) groups excluding carboxylic acids is 2. The summed E-state index contributed by atoms with van der Waals surface area (Å²) in [4.78, 5) is 26.0. The second-order valence-electron chi connectivity index (χ2n) is 28.0. The molecule has 0 bridgehead atoms. The third-order valence-corrected chi connectivity index (χ3v) is 23.1. The van der Waals surface area contributed by atoms with E-state index in [0.29, 0.717) is 36.8 Å². The fourth-order valence-corrected chi connectivity index (χ4v) is 19.1. The highest BCUT2D eigenvalue weighted by molar-refractivity contribution is 5.70. The first-order valence-electron chi connectivity index (χ1n) is 30.7. The molecule has 0 aromatic heterocycles. The molecule has 0 unspecified atom stereocenters. The second kappa shape index (κ2) is 23.5. The molecule has 6 heteroatoms. The molecule has 398 valence electrons. The van der Waals surface area contributed by atoms with Crippen LogP contribution in [0.3, 0.4) is 0 Å². The number of nitrogens with one attached hydrogen (secondary N) is 2. The molecule has 0 aromatic carbocycles. The number of fused-ring (bicyclic) bond motifs is 10. The minimum absolute atomic E-state index is 0.0378. The fraction of sp³-hybridized carbons (Fsp3) is 0.906. The Kier molecular flexibility index (Phi) is 18.3. The first-order chi connectivity index (χ1) is 33.5. The van der Waals surface area contributed by atoms with E-state index in [4.69, 9.17) is 9.47 Å². The fourth-order valence-electron chi connectivity index (χ4n) is 19.1. The predicted octanol–water partition coefficient (Wildman–Crippen LogP) is 15.6. The molecular formula is C64H108N2O4. The molecule has 0 spiro atoms. The Morgan fingerprint density at radius 1 is 0.514 bits per heavy atom. The van der Waals surface area contributed by atoms with Crippen molar-refractivity contribution in [3.05, 3.63) is 23.3 Å². The first kappa shape index (κ1) is 54.6. The van der Waals surface area contributed by atoms with Crippen molar-refractivity contribution in [1.29, 1.82) is 0 Å². The van der Waals surface area contributed by atoms with Crippen LogP contribution in [-0.4, -0.2) is 50.3 Å². The standard InChI is InChI=1S/C64H108N2O4/c1-43(2)15-13-17-45(5)53-23-25-55-51-21-19-47-41-49(27-33-61(47,7)57(51)29-35-63(53,55)9)69-59(67)31-39-65-37-11-12-38-66-40-32-60(68)70-50-28-34-62(8)48(42-50)20-22-52-56-26-24-54(46(6)18-14-16-44(3)4)64(56,10)36-30-58(52)62/h19-20,43-46,49-58,65-66H,11-18,21-42H2,1-10H3/t45-,46-,49+,50+,51+,52+,53-,54-,55+,56+,57+,58+,61+,62+,63-,64-/m1/s1. The van der Waals surface area contributed by atoms with Gasteiger partial charge in [-0.1, -0.05) is 131 Å². The van der Waals surface area contributed by atoms with Gasteiger partial charge in [0, 0.05) is 25.9 Å². The molecule has 6 fully saturated rings. The van der Waals surface area contributed by atoms with Gasteiger partial charge < -0.3 is 20.1 Å². The number of hydrogen-bond acceptors (Lipinski definition) is 6. The molecule has 6 nitrogen and oxygen atoms in total. The third-order valence-electron chi connectivity index (χ3n) is 23.1. The molecule has 0 heterocycles. The van der Waals surface area contributed by atoms with Gasteiger partial charge in [0.2, 0.25) is 0 Å². The lowest BCUT2D eigenvalue weighted by atomic mass is 9.47. The van der Waals surface area contributed by atoms with E-state index in [1.807, 2.05) is 0 Å². The van der Waals surface area contributed by atoms with Crippen LogP contribution in [0.2, 0.25) is 0 Å². The number of carbonyl (C=O) groups is 2. The highest BCUT2D eigenvalue weighted by Crippen LogP contribution is 2.69. The topological polar surface area (TPSA) is 76.7 Å². The summed E-state index contributed by atoms with van der Waals surface area (Å²) in [7, 11) is 0. The molecule has 8 aliphatic rings. The highest BCUT2D eigenvalue weighted by Gasteiger charge is 2.61. The summed E-state index contributed by atoms with van der Waals surface area (Å²) in [6, 6.07) is 0. The molecule has 0 saturated heterocycles. The highest BCUT2D eigenvalue weighted by atomic mass is 16.5. The van der Waals surface area contributed by atoms with E-state index in [2.05, 4.69) is 92.0 Å². The molecule has 70 heavy (non-hydrogen) atoms. The van der Waals surface area contributed by atoms with Gasteiger partial charge >= 0.3 is 11.9 Å². The zero-order valence-electron chi connectivity index (χ0n) is 47.1. The third kappa shape index (κ3) is 11.7. The summed E-state index contributed by atoms with van der Waals surface area (Å²) in [6.07, 6.45) is 36.8. The van der Waals surface area contributed by atoms with E-state index in [0.717, 1.165) is 123 Å². The summed E-state index contributed by atoms with van der Waals surface area (Å²) >= 11 is 0. The Morgan fingerprint density at radius 3 is 1.33 bits per heavy atom. The predicted molar refractivity (Wildman–Crippen MR) is 290 cm³/mol. The van der Waals surface area contributed by atoms with Crippen LogP contribution in [0.5, 0.6) is 0 Å².